The van der Waals surface area contributed by atoms with Gasteiger partial charge in [-0.1, -0.05) is 13.8 Å². The van der Waals surface area contributed by atoms with Gasteiger partial charge in [0.2, 0.25) is 0 Å². The first-order valence-corrected chi connectivity index (χ1v) is 9.35. The Balaban J connectivity index is 1.66. The second-order valence-electron chi connectivity index (χ2n) is 6.05. The number of aromatic nitrogens is 4. The number of carbonyl (C=O) groups is 1. The Morgan fingerprint density at radius 2 is 2.33 bits per heavy atom. The van der Waals surface area contributed by atoms with Gasteiger partial charge in [0, 0.05) is 24.0 Å². The molecule has 8 heteroatoms. The van der Waals surface area contributed by atoms with Crippen LogP contribution < -0.4 is 10.6 Å². The number of rotatable bonds is 5. The van der Waals surface area contributed by atoms with Crippen molar-refractivity contribution < 1.29 is 4.79 Å². The van der Waals surface area contributed by atoms with Crippen molar-refractivity contribution in [2.24, 2.45) is 0 Å². The van der Waals surface area contributed by atoms with Gasteiger partial charge in [-0.2, -0.15) is 5.10 Å². The van der Waals surface area contributed by atoms with Crippen molar-refractivity contribution in [3.63, 3.8) is 0 Å². The van der Waals surface area contributed by atoms with Gasteiger partial charge in [-0.05, 0) is 26.2 Å². The van der Waals surface area contributed by atoms with E-state index in [1.54, 1.807) is 11.3 Å². The maximum atomic E-state index is 12.4. The van der Waals surface area contributed by atoms with Crippen LogP contribution in [0.5, 0.6) is 0 Å². The number of aryl methyl sites for hydroxylation is 3. The summed E-state index contributed by atoms with van der Waals surface area (Å²) >= 11 is 1.62. The molecule has 24 heavy (non-hydrogen) atoms. The number of hydrogen-bond acceptors (Lipinski definition) is 5. The third kappa shape index (κ3) is 3.58. The molecule has 2 aromatic rings. The minimum Gasteiger partial charge on any atom is -0.329 e. The third-order valence-electron chi connectivity index (χ3n) is 4.19. The first-order chi connectivity index (χ1) is 11.6. The summed E-state index contributed by atoms with van der Waals surface area (Å²) in [5.74, 6) is 1.70. The Morgan fingerprint density at radius 1 is 1.50 bits per heavy atom. The molecule has 2 N–H and O–H groups in total. The molecule has 2 amide bonds. The first-order valence-electron chi connectivity index (χ1n) is 8.53. The highest BCUT2D eigenvalue weighted by atomic mass is 32.1. The zero-order valence-electron chi connectivity index (χ0n) is 14.4. The van der Waals surface area contributed by atoms with Crippen molar-refractivity contribution in [1.29, 1.82) is 0 Å². The minimum absolute atomic E-state index is 0.0589. The summed E-state index contributed by atoms with van der Waals surface area (Å²) in [4.78, 5) is 22.5. The molecule has 130 valence electrons. The number of thiazole rings is 1. The molecule has 0 fully saturated rings. The molecule has 0 unspecified atom stereocenters. The summed E-state index contributed by atoms with van der Waals surface area (Å²) in [7, 11) is 0. The van der Waals surface area contributed by atoms with Gasteiger partial charge >= 0.3 is 6.03 Å². The zero-order chi connectivity index (χ0) is 17.1. The van der Waals surface area contributed by atoms with Crippen LogP contribution in [0.4, 0.5) is 4.79 Å². The molecule has 1 aliphatic rings. The van der Waals surface area contributed by atoms with Crippen LogP contribution in [0.2, 0.25) is 0 Å². The number of nitrogens with zero attached hydrogens (tertiary/aromatic N) is 4. The zero-order valence-corrected chi connectivity index (χ0v) is 15.2. The number of fused-ring (bicyclic) bond motifs is 1. The van der Waals surface area contributed by atoms with E-state index in [4.69, 9.17) is 0 Å². The van der Waals surface area contributed by atoms with E-state index in [0.29, 0.717) is 0 Å². The second kappa shape index (κ2) is 7.29. The Morgan fingerprint density at radius 3 is 3.00 bits per heavy atom. The monoisotopic (exact) mass is 348 g/mol. The molecular formula is C16H24N6OS. The lowest BCUT2D eigenvalue weighted by molar-refractivity contribution is 0.228. The number of hydrogen-bond donors (Lipinski definition) is 2. The largest absolute Gasteiger partial charge is 0.329 e. The van der Waals surface area contributed by atoms with Crippen LogP contribution >= 0.6 is 11.3 Å². The van der Waals surface area contributed by atoms with Crippen molar-refractivity contribution in [2.45, 2.75) is 65.1 Å². The van der Waals surface area contributed by atoms with Crippen LogP contribution in [0.1, 0.15) is 66.7 Å². The average molecular weight is 348 g/mol. The Kier molecular flexibility index (Phi) is 5.13. The average Bonchev–Trinajstić information content (AvgIpc) is 3.19. The van der Waals surface area contributed by atoms with E-state index < -0.39 is 0 Å². The van der Waals surface area contributed by atoms with Gasteiger partial charge in [0.05, 0.1) is 12.1 Å². The molecule has 7 nitrogen and oxygen atoms in total. The molecule has 2 atom stereocenters. The fraction of sp³-hybridized carbons (Fsp3) is 0.625. The van der Waals surface area contributed by atoms with Crippen LogP contribution in [-0.4, -0.2) is 25.8 Å². The van der Waals surface area contributed by atoms with Crippen molar-refractivity contribution >= 4 is 17.4 Å². The molecule has 0 saturated carbocycles. The molecule has 1 aliphatic heterocycles. The minimum atomic E-state index is -0.172. The van der Waals surface area contributed by atoms with Crippen molar-refractivity contribution in [1.82, 2.24) is 30.4 Å². The highest BCUT2D eigenvalue weighted by molar-refractivity contribution is 7.11. The highest BCUT2D eigenvalue weighted by Gasteiger charge is 2.26. The molecule has 0 aromatic carbocycles. The molecule has 0 aliphatic carbocycles. The van der Waals surface area contributed by atoms with Gasteiger partial charge in [0.25, 0.3) is 0 Å². The quantitative estimate of drug-likeness (QED) is 0.870. The molecule has 0 spiro atoms. The lowest BCUT2D eigenvalue weighted by atomic mass is 10.1. The van der Waals surface area contributed by atoms with E-state index in [1.807, 2.05) is 31.6 Å². The van der Waals surface area contributed by atoms with Crippen LogP contribution in [0.25, 0.3) is 0 Å². The SMILES string of the molecule is CCc1nc2n(n1)CCC[C@@H]2NC(=O)N[C@@H](CC)c1ncc(C)s1. The van der Waals surface area contributed by atoms with Gasteiger partial charge in [0.15, 0.2) is 5.82 Å². The van der Waals surface area contributed by atoms with E-state index in [2.05, 4.69) is 25.7 Å². The predicted octanol–water partition coefficient (Wildman–Crippen LogP) is 2.89. The van der Waals surface area contributed by atoms with Crippen molar-refractivity contribution in [3.05, 3.63) is 27.7 Å². The van der Waals surface area contributed by atoms with E-state index >= 15 is 0 Å². The fourth-order valence-electron chi connectivity index (χ4n) is 2.92. The van der Waals surface area contributed by atoms with Crippen molar-refractivity contribution in [2.75, 3.05) is 0 Å². The topological polar surface area (TPSA) is 84.7 Å². The Labute approximate surface area is 145 Å². The fourth-order valence-corrected chi connectivity index (χ4v) is 3.82. The highest BCUT2D eigenvalue weighted by Crippen LogP contribution is 2.24. The van der Waals surface area contributed by atoms with Crippen LogP contribution in [0, 0.1) is 6.92 Å². The molecular weight excluding hydrogens is 324 g/mol. The summed E-state index contributed by atoms with van der Waals surface area (Å²) in [6, 6.07) is -0.312. The van der Waals surface area contributed by atoms with Crippen LogP contribution in [0.3, 0.4) is 0 Å². The van der Waals surface area contributed by atoms with E-state index in [-0.39, 0.29) is 18.1 Å². The van der Waals surface area contributed by atoms with Gasteiger partial charge in [0.1, 0.15) is 10.8 Å². The molecule has 2 aromatic heterocycles. The summed E-state index contributed by atoms with van der Waals surface area (Å²) in [6.07, 6.45) is 5.34. The third-order valence-corrected chi connectivity index (χ3v) is 5.22. The second-order valence-corrected chi connectivity index (χ2v) is 7.31. The van der Waals surface area contributed by atoms with Crippen LogP contribution in [0.15, 0.2) is 6.20 Å². The summed E-state index contributed by atoms with van der Waals surface area (Å²) < 4.78 is 1.93. The molecule has 3 rings (SSSR count). The van der Waals surface area contributed by atoms with E-state index in [1.165, 1.54) is 0 Å². The number of amides is 2. The standard InChI is InChI=1S/C16H24N6OS/c1-4-11(15-17-9-10(3)24-15)18-16(23)19-12-7-6-8-22-14(12)20-13(5-2)21-22/h9,11-12H,4-8H2,1-3H3,(H2,18,19,23)/t11-,12-/m0/s1. The summed E-state index contributed by atoms with van der Waals surface area (Å²) in [6.45, 7) is 6.98. The number of urea groups is 1. The summed E-state index contributed by atoms with van der Waals surface area (Å²) in [5.41, 5.74) is 0. The normalized spacial score (nSPS) is 18.0. The molecule has 0 radical (unpaired) electrons. The van der Waals surface area contributed by atoms with Gasteiger partial charge in [-0.25, -0.2) is 19.4 Å². The molecule has 3 heterocycles. The van der Waals surface area contributed by atoms with Crippen molar-refractivity contribution in [3.8, 4) is 0 Å². The van der Waals surface area contributed by atoms with Gasteiger partial charge < -0.3 is 10.6 Å². The maximum Gasteiger partial charge on any atom is 0.315 e. The first kappa shape index (κ1) is 16.9. The lowest BCUT2D eigenvalue weighted by Crippen LogP contribution is -2.41. The van der Waals surface area contributed by atoms with Gasteiger partial charge in [-0.3, -0.25) is 0 Å². The number of carbonyl (C=O) groups excluding carboxylic acids is 1. The number of nitrogens with one attached hydrogen (secondary N) is 2. The Hall–Kier alpha value is -1.96. The smallest absolute Gasteiger partial charge is 0.315 e. The molecule has 0 saturated heterocycles. The molecule has 0 bridgehead atoms. The maximum absolute atomic E-state index is 12.4. The van der Waals surface area contributed by atoms with Gasteiger partial charge in [-0.15, -0.1) is 11.3 Å². The Bertz CT molecular complexity index is 709. The summed E-state index contributed by atoms with van der Waals surface area (Å²) in [5, 5.41) is 11.5. The predicted molar refractivity (Wildman–Crippen MR) is 92.9 cm³/mol. The van der Waals surface area contributed by atoms with E-state index in [0.717, 1.165) is 53.8 Å². The van der Waals surface area contributed by atoms with Crippen LogP contribution in [-0.2, 0) is 13.0 Å². The van der Waals surface area contributed by atoms with E-state index in [9.17, 15) is 4.79 Å². The lowest BCUT2D eigenvalue weighted by Gasteiger charge is -2.24.